The van der Waals surface area contributed by atoms with Gasteiger partial charge in [-0.15, -0.1) is 0 Å². The van der Waals surface area contributed by atoms with Crippen LogP contribution in [0.3, 0.4) is 0 Å². The fourth-order valence-corrected chi connectivity index (χ4v) is 1.22. The first-order valence-corrected chi connectivity index (χ1v) is 5.24. The third-order valence-electron chi connectivity index (χ3n) is 1.92. The Morgan fingerprint density at radius 3 is 2.71 bits per heavy atom. The number of hydrogen-bond acceptors (Lipinski definition) is 4. The smallest absolute Gasteiger partial charge is 0.334 e. The average molecular weight is 234 g/mol. The van der Waals surface area contributed by atoms with Crippen LogP contribution in [0.25, 0.3) is 0 Å². The zero-order valence-corrected chi connectivity index (χ0v) is 9.80. The van der Waals surface area contributed by atoms with E-state index in [2.05, 4.69) is 0 Å². The van der Waals surface area contributed by atoms with Gasteiger partial charge in [0.2, 0.25) is 0 Å². The third kappa shape index (κ3) is 4.10. The van der Waals surface area contributed by atoms with Crippen LogP contribution in [0, 0.1) is 0 Å². The van der Waals surface area contributed by atoms with Gasteiger partial charge in [-0.1, -0.05) is 12.1 Å². The number of aldehydes is 1. The molecule has 0 saturated carbocycles. The van der Waals surface area contributed by atoms with Gasteiger partial charge in [0.05, 0.1) is 18.2 Å². The van der Waals surface area contributed by atoms with Crippen LogP contribution in [0.5, 0.6) is 5.75 Å². The van der Waals surface area contributed by atoms with E-state index in [9.17, 15) is 9.59 Å². The molecule has 0 N–H and O–H groups in total. The monoisotopic (exact) mass is 234 g/mol. The van der Waals surface area contributed by atoms with Crippen molar-refractivity contribution in [3.8, 4) is 5.75 Å². The molecule has 0 amide bonds. The Bertz CT molecular complexity index is 435. The van der Waals surface area contributed by atoms with Crippen LogP contribution in [-0.4, -0.2) is 18.9 Å². The van der Waals surface area contributed by atoms with Gasteiger partial charge in [0.25, 0.3) is 0 Å². The van der Waals surface area contributed by atoms with Crippen molar-refractivity contribution in [2.45, 2.75) is 13.8 Å². The van der Waals surface area contributed by atoms with E-state index in [1.165, 1.54) is 6.08 Å². The van der Waals surface area contributed by atoms with E-state index in [1.807, 2.05) is 0 Å². The number of allylic oxidation sites excluding steroid dienone is 1. The van der Waals surface area contributed by atoms with Gasteiger partial charge in [-0.3, -0.25) is 4.79 Å². The summed E-state index contributed by atoms with van der Waals surface area (Å²) in [7, 11) is 0. The van der Waals surface area contributed by atoms with Crippen LogP contribution in [-0.2, 0) is 9.53 Å². The van der Waals surface area contributed by atoms with Gasteiger partial charge in [-0.2, -0.15) is 0 Å². The topological polar surface area (TPSA) is 52.6 Å². The van der Waals surface area contributed by atoms with Crippen molar-refractivity contribution in [1.82, 2.24) is 0 Å². The number of carbonyl (C=O) groups is 2. The second-order valence-electron chi connectivity index (χ2n) is 3.26. The molecule has 1 rings (SSSR count). The minimum Gasteiger partial charge on any atom is -0.463 e. The third-order valence-corrected chi connectivity index (χ3v) is 1.92. The minimum atomic E-state index is -0.464. The summed E-state index contributed by atoms with van der Waals surface area (Å²) in [6.07, 6.45) is 1.94. The van der Waals surface area contributed by atoms with Crippen LogP contribution in [0.2, 0.25) is 0 Å². The molecule has 0 unspecified atom stereocenters. The molecule has 0 bridgehead atoms. The molecule has 4 heteroatoms. The summed E-state index contributed by atoms with van der Waals surface area (Å²) in [6.45, 7) is 3.66. The van der Waals surface area contributed by atoms with Gasteiger partial charge in [0, 0.05) is 0 Å². The number of hydrogen-bond donors (Lipinski definition) is 0. The number of para-hydroxylation sites is 1. The molecule has 0 aliphatic carbocycles. The SMILES string of the molecule is CCOC(=O)/C=C(\C)Oc1ccccc1C=O. The van der Waals surface area contributed by atoms with Crippen LogP contribution < -0.4 is 4.74 Å². The Balaban J connectivity index is 2.77. The number of carbonyl (C=O) groups excluding carboxylic acids is 2. The molecule has 1 aromatic carbocycles. The normalized spacial score (nSPS) is 10.8. The molecular weight excluding hydrogens is 220 g/mol. The van der Waals surface area contributed by atoms with Gasteiger partial charge in [0.15, 0.2) is 6.29 Å². The Labute approximate surface area is 99.8 Å². The maximum atomic E-state index is 11.1. The molecule has 0 saturated heterocycles. The molecule has 0 aliphatic rings. The first-order valence-electron chi connectivity index (χ1n) is 5.24. The molecule has 0 fully saturated rings. The highest BCUT2D eigenvalue weighted by Gasteiger charge is 2.04. The maximum Gasteiger partial charge on any atom is 0.334 e. The molecule has 4 nitrogen and oxygen atoms in total. The van der Waals surface area contributed by atoms with Gasteiger partial charge < -0.3 is 9.47 Å². The summed E-state index contributed by atoms with van der Waals surface area (Å²) >= 11 is 0. The zero-order valence-electron chi connectivity index (χ0n) is 9.80. The lowest BCUT2D eigenvalue weighted by molar-refractivity contribution is -0.137. The zero-order chi connectivity index (χ0) is 12.7. The van der Waals surface area contributed by atoms with E-state index in [0.29, 0.717) is 30.0 Å². The van der Waals surface area contributed by atoms with E-state index in [4.69, 9.17) is 9.47 Å². The quantitative estimate of drug-likeness (QED) is 0.339. The van der Waals surface area contributed by atoms with Gasteiger partial charge in [-0.05, 0) is 26.0 Å². The second-order valence-corrected chi connectivity index (χ2v) is 3.26. The Hall–Kier alpha value is -2.10. The Kier molecular flexibility index (Phi) is 4.94. The lowest BCUT2D eigenvalue weighted by Gasteiger charge is -2.07. The van der Waals surface area contributed by atoms with Crippen molar-refractivity contribution in [3.63, 3.8) is 0 Å². The minimum absolute atomic E-state index is 0.313. The highest BCUT2D eigenvalue weighted by Crippen LogP contribution is 2.18. The van der Waals surface area contributed by atoms with Crippen molar-refractivity contribution in [2.24, 2.45) is 0 Å². The van der Waals surface area contributed by atoms with Crippen molar-refractivity contribution in [3.05, 3.63) is 41.7 Å². The number of rotatable bonds is 5. The molecule has 0 radical (unpaired) electrons. The van der Waals surface area contributed by atoms with Crippen molar-refractivity contribution in [2.75, 3.05) is 6.61 Å². The predicted molar refractivity (Wildman–Crippen MR) is 62.8 cm³/mol. The Morgan fingerprint density at radius 2 is 2.06 bits per heavy atom. The number of esters is 1. The number of benzene rings is 1. The van der Waals surface area contributed by atoms with Gasteiger partial charge in [-0.25, -0.2) is 4.79 Å². The largest absolute Gasteiger partial charge is 0.463 e. The molecule has 0 spiro atoms. The van der Waals surface area contributed by atoms with Crippen LogP contribution in [0.1, 0.15) is 24.2 Å². The van der Waals surface area contributed by atoms with E-state index in [0.717, 1.165) is 0 Å². The summed E-state index contributed by atoms with van der Waals surface area (Å²) in [5.74, 6) is 0.326. The van der Waals surface area contributed by atoms with E-state index in [1.54, 1.807) is 38.1 Å². The molecule has 0 aromatic heterocycles. The lowest BCUT2D eigenvalue weighted by Crippen LogP contribution is -2.03. The lowest BCUT2D eigenvalue weighted by atomic mass is 10.2. The highest BCUT2D eigenvalue weighted by atomic mass is 16.5. The molecular formula is C13H14O4. The Morgan fingerprint density at radius 1 is 1.35 bits per heavy atom. The van der Waals surface area contributed by atoms with Crippen LogP contribution in [0.4, 0.5) is 0 Å². The standard InChI is InChI=1S/C13H14O4/c1-3-16-13(15)8-10(2)17-12-7-5-4-6-11(12)9-14/h4-9H,3H2,1-2H3/b10-8+. The fraction of sp³-hybridized carbons (Fsp3) is 0.231. The van der Waals surface area contributed by atoms with E-state index in [-0.39, 0.29) is 0 Å². The van der Waals surface area contributed by atoms with Gasteiger partial charge >= 0.3 is 5.97 Å². The van der Waals surface area contributed by atoms with Crippen LogP contribution >= 0.6 is 0 Å². The predicted octanol–water partition coefficient (Wildman–Crippen LogP) is 2.34. The fourth-order valence-electron chi connectivity index (χ4n) is 1.22. The molecule has 0 heterocycles. The summed E-state index contributed by atoms with van der Waals surface area (Å²) in [5.41, 5.74) is 0.434. The summed E-state index contributed by atoms with van der Waals surface area (Å²) in [5, 5.41) is 0. The maximum absolute atomic E-state index is 11.1. The average Bonchev–Trinajstić information content (AvgIpc) is 2.29. The van der Waals surface area contributed by atoms with E-state index < -0.39 is 5.97 Å². The first kappa shape index (κ1) is 13.0. The molecule has 17 heavy (non-hydrogen) atoms. The summed E-state index contributed by atoms with van der Waals surface area (Å²) in [6, 6.07) is 6.78. The number of ether oxygens (including phenoxy) is 2. The molecule has 0 atom stereocenters. The second kappa shape index (κ2) is 6.48. The van der Waals surface area contributed by atoms with Gasteiger partial charge in [0.1, 0.15) is 11.5 Å². The summed E-state index contributed by atoms with van der Waals surface area (Å²) in [4.78, 5) is 21.9. The van der Waals surface area contributed by atoms with Crippen molar-refractivity contribution in [1.29, 1.82) is 0 Å². The molecule has 90 valence electrons. The molecule has 1 aromatic rings. The first-order chi connectivity index (χ1) is 8.17. The highest BCUT2D eigenvalue weighted by molar-refractivity contribution is 5.82. The summed E-state index contributed by atoms with van der Waals surface area (Å²) < 4.78 is 10.1. The van der Waals surface area contributed by atoms with Crippen LogP contribution in [0.15, 0.2) is 36.1 Å². The van der Waals surface area contributed by atoms with Crippen molar-refractivity contribution < 1.29 is 19.1 Å². The molecule has 0 aliphatic heterocycles. The van der Waals surface area contributed by atoms with E-state index >= 15 is 0 Å². The van der Waals surface area contributed by atoms with Crippen molar-refractivity contribution >= 4 is 12.3 Å².